The number of halogens is 1. The highest BCUT2D eigenvalue weighted by atomic mass is 19.1. The number of benzene rings is 1. The van der Waals surface area contributed by atoms with E-state index in [9.17, 15) is 14.7 Å². The van der Waals surface area contributed by atoms with Crippen molar-refractivity contribution < 1.29 is 28.6 Å². The van der Waals surface area contributed by atoms with Crippen molar-refractivity contribution in [3.05, 3.63) is 42.0 Å². The molecule has 4 rings (SSSR count). The summed E-state index contributed by atoms with van der Waals surface area (Å²) in [7, 11) is 0. The molecular formula is C27H34FN5O5. The van der Waals surface area contributed by atoms with E-state index in [0.717, 1.165) is 51.6 Å². The van der Waals surface area contributed by atoms with E-state index in [0.29, 0.717) is 24.1 Å². The van der Waals surface area contributed by atoms with Gasteiger partial charge in [0.1, 0.15) is 24.7 Å². The molecule has 1 aliphatic carbocycles. The summed E-state index contributed by atoms with van der Waals surface area (Å²) in [6.45, 7) is 2.20. The topological polar surface area (TPSA) is 152 Å². The molecule has 0 bridgehead atoms. The maximum atomic E-state index is 15.0. The van der Waals surface area contributed by atoms with E-state index in [1.807, 2.05) is 0 Å². The van der Waals surface area contributed by atoms with Gasteiger partial charge in [0.2, 0.25) is 0 Å². The molecule has 0 radical (unpaired) electrons. The summed E-state index contributed by atoms with van der Waals surface area (Å²) in [5.41, 5.74) is 6.13. The Hall–Kier alpha value is -3.60. The Morgan fingerprint density at radius 2 is 1.79 bits per heavy atom. The Morgan fingerprint density at radius 3 is 2.42 bits per heavy atom. The van der Waals surface area contributed by atoms with E-state index in [2.05, 4.69) is 14.9 Å². The highest BCUT2D eigenvalue weighted by molar-refractivity contribution is 5.94. The van der Waals surface area contributed by atoms with Crippen LogP contribution < -0.4 is 10.5 Å². The number of esters is 1. The lowest BCUT2D eigenvalue weighted by Gasteiger charge is -2.40. The molecule has 4 N–H and O–H groups in total. The van der Waals surface area contributed by atoms with Crippen LogP contribution in [0.15, 0.2) is 30.6 Å². The normalized spacial score (nSPS) is 20.6. The minimum atomic E-state index is -0.694. The lowest BCUT2D eigenvalue weighted by molar-refractivity contribution is -0.144. The number of nitrogens with zero attached hydrogens (tertiary/aromatic N) is 3. The largest absolute Gasteiger partial charge is 0.481 e. The molecule has 1 aromatic carbocycles. The first-order chi connectivity index (χ1) is 18.3. The van der Waals surface area contributed by atoms with Crippen LogP contribution in [0.2, 0.25) is 0 Å². The first-order valence-electron chi connectivity index (χ1n) is 13.0. The molecule has 0 unspecified atom stereocenters. The number of piperidine rings is 1. The van der Waals surface area contributed by atoms with Gasteiger partial charge in [-0.1, -0.05) is 18.2 Å². The number of aromatic nitrogens is 2. The van der Waals surface area contributed by atoms with Gasteiger partial charge >= 0.3 is 17.9 Å². The first kappa shape index (κ1) is 27.4. The molecule has 0 atom stereocenters. The Labute approximate surface area is 220 Å². The summed E-state index contributed by atoms with van der Waals surface area (Å²) in [5.74, 6) is -2.01. The van der Waals surface area contributed by atoms with Gasteiger partial charge in [-0.15, -0.1) is 0 Å². The predicted octanol–water partition coefficient (Wildman–Crippen LogP) is 3.39. The minimum Gasteiger partial charge on any atom is -0.481 e. The second-order valence-electron chi connectivity index (χ2n) is 10.0. The number of rotatable bonds is 10. The summed E-state index contributed by atoms with van der Waals surface area (Å²) in [5, 5.41) is 16.3. The maximum absolute atomic E-state index is 15.0. The van der Waals surface area contributed by atoms with E-state index < -0.39 is 17.8 Å². The van der Waals surface area contributed by atoms with Crippen molar-refractivity contribution in [3.8, 4) is 17.1 Å². The van der Waals surface area contributed by atoms with Crippen molar-refractivity contribution in [2.75, 3.05) is 19.7 Å². The number of carbonyl (C=O) groups excluding carboxylic acids is 1. The second-order valence-corrected chi connectivity index (χ2v) is 10.0. The van der Waals surface area contributed by atoms with Crippen LogP contribution in [-0.4, -0.2) is 63.5 Å². The third-order valence-corrected chi connectivity index (χ3v) is 7.40. The number of amidine groups is 1. The van der Waals surface area contributed by atoms with E-state index in [1.54, 1.807) is 12.1 Å². The standard InChI is InChI=1S/C27H34FN5O5/c28-25-19(16-37-24(34)12-23(29)30)2-1-3-22(25)20-13-31-27(32-14-20)38-15-17-8-10-33(11-9-17)21-6-4-18(5-7-21)26(35)36/h1-3,13-14,17-18,21H,4-12,15-16H2,(H3,29,30)(H,35,36). The summed E-state index contributed by atoms with van der Waals surface area (Å²) in [4.78, 5) is 33.8. The molecule has 38 heavy (non-hydrogen) atoms. The van der Waals surface area contributed by atoms with Crippen molar-refractivity contribution in [3.63, 3.8) is 0 Å². The molecule has 1 saturated carbocycles. The quantitative estimate of drug-likeness (QED) is 0.240. The fraction of sp³-hybridized carbons (Fsp3) is 0.519. The number of carbonyl (C=O) groups is 2. The van der Waals surface area contributed by atoms with Crippen LogP contribution in [0.5, 0.6) is 6.01 Å². The van der Waals surface area contributed by atoms with Crippen LogP contribution in [0.3, 0.4) is 0 Å². The average molecular weight is 528 g/mol. The van der Waals surface area contributed by atoms with Gasteiger partial charge in [0.25, 0.3) is 0 Å². The second kappa shape index (κ2) is 12.8. The van der Waals surface area contributed by atoms with Gasteiger partial charge in [0, 0.05) is 35.1 Å². The molecule has 2 aromatic rings. The fourth-order valence-electron chi connectivity index (χ4n) is 5.17. The molecule has 204 valence electrons. The third-order valence-electron chi connectivity index (χ3n) is 7.40. The molecule has 1 aliphatic heterocycles. The van der Waals surface area contributed by atoms with E-state index >= 15 is 4.39 Å². The number of aliphatic carboxylic acids is 1. The Morgan fingerprint density at radius 1 is 1.11 bits per heavy atom. The molecule has 1 aromatic heterocycles. The zero-order valence-electron chi connectivity index (χ0n) is 21.3. The highest BCUT2D eigenvalue weighted by Crippen LogP contribution is 2.31. The van der Waals surface area contributed by atoms with Crippen LogP contribution in [0.1, 0.15) is 50.5 Å². The van der Waals surface area contributed by atoms with Crippen molar-refractivity contribution >= 4 is 17.8 Å². The van der Waals surface area contributed by atoms with Crippen LogP contribution in [0.25, 0.3) is 11.1 Å². The zero-order valence-corrected chi connectivity index (χ0v) is 21.3. The van der Waals surface area contributed by atoms with Crippen molar-refractivity contribution in [2.24, 2.45) is 17.6 Å². The Balaban J connectivity index is 1.24. The minimum absolute atomic E-state index is 0.188. The van der Waals surface area contributed by atoms with Crippen molar-refractivity contribution in [1.29, 1.82) is 5.41 Å². The van der Waals surface area contributed by atoms with Gasteiger partial charge in [-0.25, -0.2) is 14.4 Å². The molecule has 10 nitrogen and oxygen atoms in total. The van der Waals surface area contributed by atoms with Gasteiger partial charge < -0.3 is 25.2 Å². The molecule has 2 aliphatic rings. The summed E-state index contributed by atoms with van der Waals surface area (Å²) in [6, 6.07) is 5.48. The van der Waals surface area contributed by atoms with Gasteiger partial charge in [-0.2, -0.15) is 0 Å². The van der Waals surface area contributed by atoms with Gasteiger partial charge in [0.15, 0.2) is 0 Å². The first-order valence-corrected chi connectivity index (χ1v) is 13.0. The number of carboxylic acid groups (broad SMARTS) is 1. The van der Waals surface area contributed by atoms with Crippen LogP contribution in [0.4, 0.5) is 4.39 Å². The molecule has 0 spiro atoms. The Kier molecular flexibility index (Phi) is 9.22. The van der Waals surface area contributed by atoms with Gasteiger partial charge in [-0.3, -0.25) is 15.0 Å². The van der Waals surface area contributed by atoms with Gasteiger partial charge in [-0.05, 0) is 57.5 Å². The van der Waals surface area contributed by atoms with Crippen LogP contribution >= 0.6 is 0 Å². The number of hydrogen-bond acceptors (Lipinski definition) is 8. The van der Waals surface area contributed by atoms with Gasteiger partial charge in [0.05, 0.1) is 12.5 Å². The smallest absolute Gasteiger partial charge is 0.316 e. The average Bonchev–Trinajstić information content (AvgIpc) is 2.92. The Bertz CT molecular complexity index is 1130. The van der Waals surface area contributed by atoms with Crippen LogP contribution in [0, 0.1) is 23.1 Å². The molecule has 2 fully saturated rings. The number of nitrogens with two attached hydrogens (primary N) is 1. The molecule has 1 saturated heterocycles. The maximum Gasteiger partial charge on any atom is 0.316 e. The molecule has 11 heteroatoms. The fourth-order valence-corrected chi connectivity index (χ4v) is 5.17. The summed E-state index contributed by atoms with van der Waals surface area (Å²) >= 11 is 0. The number of likely N-dealkylation sites (tertiary alicyclic amines) is 1. The predicted molar refractivity (Wildman–Crippen MR) is 137 cm³/mol. The lowest BCUT2D eigenvalue weighted by Crippen LogP contribution is -2.44. The summed E-state index contributed by atoms with van der Waals surface area (Å²) in [6.07, 6.45) is 8.10. The molecular weight excluding hydrogens is 493 g/mol. The SMILES string of the molecule is N=C(N)CC(=O)OCc1cccc(-c2cnc(OCC3CCN(C4CCC(C(=O)O)CC4)CC3)nc2)c1F. The van der Waals surface area contributed by atoms with E-state index in [4.69, 9.17) is 20.6 Å². The highest BCUT2D eigenvalue weighted by Gasteiger charge is 2.31. The van der Waals surface area contributed by atoms with Crippen molar-refractivity contribution in [1.82, 2.24) is 14.9 Å². The zero-order chi connectivity index (χ0) is 27.1. The third kappa shape index (κ3) is 7.25. The molecule has 2 heterocycles. The number of nitrogens with one attached hydrogen (secondary N) is 1. The number of carboxylic acids is 1. The molecule has 0 amide bonds. The summed E-state index contributed by atoms with van der Waals surface area (Å²) < 4.78 is 25.8. The lowest BCUT2D eigenvalue weighted by atomic mass is 9.84. The van der Waals surface area contributed by atoms with Crippen LogP contribution in [-0.2, 0) is 20.9 Å². The monoisotopic (exact) mass is 527 g/mol. The number of ether oxygens (including phenoxy) is 2. The van der Waals surface area contributed by atoms with E-state index in [1.165, 1.54) is 18.5 Å². The number of hydrogen-bond donors (Lipinski definition) is 3. The van der Waals surface area contributed by atoms with E-state index in [-0.39, 0.29) is 41.9 Å². The van der Waals surface area contributed by atoms with Crippen molar-refractivity contribution in [2.45, 2.75) is 57.6 Å².